The van der Waals surface area contributed by atoms with E-state index in [9.17, 15) is 14.4 Å². The summed E-state index contributed by atoms with van der Waals surface area (Å²) in [5.41, 5.74) is 1.42. The van der Waals surface area contributed by atoms with Gasteiger partial charge in [-0.05, 0) is 5.41 Å². The molecule has 23 heavy (non-hydrogen) atoms. The summed E-state index contributed by atoms with van der Waals surface area (Å²) in [6.07, 6.45) is 0. The van der Waals surface area contributed by atoms with Crippen molar-refractivity contribution in [1.82, 2.24) is 0 Å². The summed E-state index contributed by atoms with van der Waals surface area (Å²) >= 11 is 0. The van der Waals surface area contributed by atoms with Gasteiger partial charge in [0, 0.05) is 17.1 Å². The third kappa shape index (κ3) is 6.41. The zero-order valence-corrected chi connectivity index (χ0v) is 16.6. The predicted molar refractivity (Wildman–Crippen MR) is 93.1 cm³/mol. The molecule has 0 heterocycles. The van der Waals surface area contributed by atoms with Crippen LogP contribution in [0.2, 0.25) is 0 Å². The zero-order valence-electron chi connectivity index (χ0n) is 14.6. The quantitative estimate of drug-likeness (QED) is 0.444. The van der Waals surface area contributed by atoms with Gasteiger partial charge in [-0.1, -0.05) is 52.3 Å². The Morgan fingerprint density at radius 1 is 0.957 bits per heavy atom. The molecule has 2 rings (SSSR count). The third-order valence-corrected chi connectivity index (χ3v) is 4.36. The Kier molecular flexibility index (Phi) is 7.74. The fourth-order valence-corrected chi connectivity index (χ4v) is 3.46. The standard InChI is InChI=1S/C13H22O3P.C5H5.Fe/c1-12(2,3)9-7-8-10(17(14,15)16)11(9)13(4,5)6;1-2-4-5-3-1;/h7-8H,1-6H3,(H2,14,15,16);1-5H;/q-1;-5;. The van der Waals surface area contributed by atoms with Crippen LogP contribution in [0.25, 0.3) is 0 Å². The summed E-state index contributed by atoms with van der Waals surface area (Å²) < 4.78 is 11.5. The molecule has 0 radical (unpaired) electrons. The minimum atomic E-state index is -4.20. The van der Waals surface area contributed by atoms with Crippen LogP contribution in [0.1, 0.15) is 52.7 Å². The van der Waals surface area contributed by atoms with Gasteiger partial charge >= 0.3 is 0 Å². The Morgan fingerprint density at radius 2 is 1.35 bits per heavy atom. The first kappa shape index (κ1) is 22.4. The van der Waals surface area contributed by atoms with E-state index in [4.69, 9.17) is 0 Å². The van der Waals surface area contributed by atoms with Crippen molar-refractivity contribution < 1.29 is 31.4 Å². The molecule has 0 aliphatic rings. The Morgan fingerprint density at radius 3 is 1.61 bits per heavy atom. The van der Waals surface area contributed by atoms with Crippen molar-refractivity contribution in [2.75, 3.05) is 0 Å². The van der Waals surface area contributed by atoms with Crippen molar-refractivity contribution in [3.8, 4) is 0 Å². The second kappa shape index (κ2) is 7.96. The van der Waals surface area contributed by atoms with Crippen LogP contribution in [0, 0.1) is 0 Å². The van der Waals surface area contributed by atoms with Crippen LogP contribution in [0.15, 0.2) is 42.5 Å². The molecule has 0 aliphatic carbocycles. The average molecular weight is 378 g/mol. The maximum absolute atomic E-state index is 11.5. The Bertz CT molecular complexity index is 605. The van der Waals surface area contributed by atoms with Gasteiger partial charge in [0.1, 0.15) is 0 Å². The molecule has 0 atom stereocenters. The van der Waals surface area contributed by atoms with Gasteiger partial charge < -0.3 is 40.1 Å². The van der Waals surface area contributed by atoms with Gasteiger partial charge in [0.2, 0.25) is 0 Å². The van der Waals surface area contributed by atoms with Gasteiger partial charge in [-0.15, -0.1) is 11.1 Å². The van der Waals surface area contributed by atoms with Crippen molar-refractivity contribution in [1.29, 1.82) is 0 Å². The first-order valence-electron chi connectivity index (χ1n) is 7.38. The molecule has 0 saturated heterocycles. The van der Waals surface area contributed by atoms with Crippen LogP contribution >= 0.6 is 7.60 Å². The van der Waals surface area contributed by atoms with E-state index in [0.29, 0.717) is 0 Å². The summed E-state index contributed by atoms with van der Waals surface area (Å²) in [6.45, 7) is 12.1. The Labute approximate surface area is 150 Å². The van der Waals surface area contributed by atoms with E-state index in [2.05, 4.69) is 20.8 Å². The van der Waals surface area contributed by atoms with Crippen LogP contribution in [0.5, 0.6) is 0 Å². The minimum Gasteiger partial charge on any atom is -0.748 e. The van der Waals surface area contributed by atoms with Crippen molar-refractivity contribution in [2.45, 2.75) is 52.4 Å². The molecular weight excluding hydrogens is 351 g/mol. The van der Waals surface area contributed by atoms with Gasteiger partial charge in [-0.25, -0.2) is 0 Å². The maximum atomic E-state index is 11.5. The molecule has 2 N–H and O–H groups in total. The summed E-state index contributed by atoms with van der Waals surface area (Å²) in [5, 5.41) is 0.176. The third-order valence-electron chi connectivity index (χ3n) is 3.36. The van der Waals surface area contributed by atoms with Gasteiger partial charge in [-0.2, -0.15) is 12.1 Å². The second-order valence-electron chi connectivity index (χ2n) is 7.51. The molecule has 0 bridgehead atoms. The van der Waals surface area contributed by atoms with Gasteiger partial charge in [0.05, 0.1) is 0 Å². The molecule has 0 amide bonds. The van der Waals surface area contributed by atoms with Gasteiger partial charge in [-0.3, -0.25) is 4.57 Å². The Hall–Kier alpha value is -0.631. The zero-order chi connectivity index (χ0) is 17.2. The summed E-state index contributed by atoms with van der Waals surface area (Å²) in [4.78, 5) is 18.8. The van der Waals surface area contributed by atoms with E-state index < -0.39 is 7.60 Å². The topological polar surface area (TPSA) is 57.5 Å². The molecule has 0 aromatic heterocycles. The molecule has 2 aromatic rings. The van der Waals surface area contributed by atoms with Crippen LogP contribution in [-0.4, -0.2) is 9.79 Å². The fourth-order valence-electron chi connectivity index (χ4n) is 2.44. The van der Waals surface area contributed by atoms with E-state index in [0.717, 1.165) is 11.1 Å². The van der Waals surface area contributed by atoms with E-state index in [1.807, 2.05) is 57.2 Å². The van der Waals surface area contributed by atoms with E-state index in [-0.39, 0.29) is 33.2 Å². The molecule has 0 spiro atoms. The first-order valence-corrected chi connectivity index (χ1v) is 9.00. The molecular formula is C18H27FeO3P-6. The van der Waals surface area contributed by atoms with Crippen LogP contribution < -0.4 is 5.30 Å². The minimum absolute atomic E-state index is 0. The Balaban J connectivity index is 0.000000684. The van der Waals surface area contributed by atoms with Crippen molar-refractivity contribution in [2.24, 2.45) is 0 Å². The second-order valence-corrected chi connectivity index (χ2v) is 9.08. The number of rotatable bonds is 1. The monoisotopic (exact) mass is 378 g/mol. The fraction of sp³-hybridized carbons (Fsp3) is 0.444. The van der Waals surface area contributed by atoms with Crippen molar-refractivity contribution in [3.63, 3.8) is 0 Å². The number of hydrogen-bond donors (Lipinski definition) is 2. The van der Waals surface area contributed by atoms with Crippen LogP contribution in [-0.2, 0) is 32.5 Å². The molecule has 0 unspecified atom stereocenters. The first-order chi connectivity index (χ1) is 9.85. The SMILES string of the molecule is CC(C)(C)c1c(P(=O)(O)O)cc[c-]1C(C)(C)C.[Fe].[cH-]1[cH-][cH-][cH-][cH-]1. The smallest absolute Gasteiger partial charge is 0.293 e. The number of hydrogen-bond acceptors (Lipinski definition) is 1. The van der Waals surface area contributed by atoms with Crippen LogP contribution in [0.4, 0.5) is 0 Å². The summed E-state index contributed by atoms with van der Waals surface area (Å²) in [7, 11) is -4.20. The molecule has 0 fully saturated rings. The predicted octanol–water partition coefficient (Wildman–Crippen LogP) is 4.21. The van der Waals surface area contributed by atoms with Crippen molar-refractivity contribution in [3.05, 3.63) is 53.6 Å². The van der Waals surface area contributed by atoms with Gasteiger partial charge in [0.25, 0.3) is 7.60 Å². The van der Waals surface area contributed by atoms with Crippen LogP contribution in [0.3, 0.4) is 0 Å². The summed E-state index contributed by atoms with van der Waals surface area (Å²) in [6, 6.07) is 13.4. The molecule has 5 heteroatoms. The largest absolute Gasteiger partial charge is 0.748 e. The molecule has 3 nitrogen and oxygen atoms in total. The normalized spacial score (nSPS) is 12.2. The van der Waals surface area contributed by atoms with Crippen molar-refractivity contribution >= 4 is 12.9 Å². The molecule has 136 valence electrons. The van der Waals surface area contributed by atoms with E-state index in [1.54, 1.807) is 6.07 Å². The average Bonchev–Trinajstić information content (AvgIpc) is 2.99. The molecule has 0 aliphatic heterocycles. The molecule has 2 aromatic carbocycles. The van der Waals surface area contributed by atoms with E-state index >= 15 is 0 Å². The summed E-state index contributed by atoms with van der Waals surface area (Å²) in [5.74, 6) is 0. The molecule has 0 saturated carbocycles. The van der Waals surface area contributed by atoms with E-state index in [1.165, 1.54) is 0 Å². The van der Waals surface area contributed by atoms with Gasteiger partial charge in [0.15, 0.2) is 0 Å². The maximum Gasteiger partial charge on any atom is 0.293 e.